The molecule has 0 aromatic heterocycles. The van der Waals surface area contributed by atoms with Crippen LogP contribution in [-0.2, 0) is 0 Å². The van der Waals surface area contributed by atoms with E-state index in [0.29, 0.717) is 6.42 Å². The Morgan fingerprint density at radius 2 is 1.00 bits per heavy atom. The summed E-state index contributed by atoms with van der Waals surface area (Å²) in [6.07, 6.45) is 8.74. The molecule has 0 fully saturated rings. The van der Waals surface area contributed by atoms with Gasteiger partial charge in [0.05, 0.1) is 0 Å². The van der Waals surface area contributed by atoms with E-state index in [4.69, 9.17) is 0 Å². The third-order valence-corrected chi connectivity index (χ3v) is 3.23. The van der Waals surface area contributed by atoms with Crippen molar-refractivity contribution in [2.24, 2.45) is 0 Å². The minimum Gasteiger partial charge on any atom is -0.449 e. The summed E-state index contributed by atoms with van der Waals surface area (Å²) in [5, 5.41) is 1.08. The van der Waals surface area contributed by atoms with Gasteiger partial charge in [0.2, 0.25) is 0 Å². The summed E-state index contributed by atoms with van der Waals surface area (Å²) in [5.41, 5.74) is 0. The molecule has 0 spiro atoms. The third-order valence-electron chi connectivity index (χ3n) is 2.67. The first-order valence-corrected chi connectivity index (χ1v) is 7.45. The molecule has 6 heteroatoms. The number of halogens is 4. The van der Waals surface area contributed by atoms with E-state index in [-0.39, 0.29) is 51.4 Å². The van der Waals surface area contributed by atoms with E-state index >= 15 is 0 Å². The van der Waals surface area contributed by atoms with Crippen LogP contribution >= 0.6 is 15.9 Å². The van der Waals surface area contributed by atoms with Gasteiger partial charge >= 0.3 is 58.4 Å². The van der Waals surface area contributed by atoms with Crippen molar-refractivity contribution in [1.82, 2.24) is 0 Å². The molecule has 0 aliphatic rings. The molecule has 0 amide bonds. The number of hydrogen-bond donors (Lipinski definition) is 0. The maximum absolute atomic E-state index is 11.9. The molecule has 0 aromatic rings. The second-order valence-corrected chi connectivity index (χ2v) is 5.16. The first-order valence-electron chi connectivity index (χ1n) is 6.33. The van der Waals surface area contributed by atoms with Crippen molar-refractivity contribution in [3.63, 3.8) is 0 Å². The van der Waals surface area contributed by atoms with Crippen molar-refractivity contribution in [2.45, 2.75) is 64.1 Å². The minimum absolute atomic E-state index is 0. The zero-order valence-electron chi connectivity index (χ0n) is 10.9. The van der Waals surface area contributed by atoms with E-state index in [2.05, 4.69) is 15.9 Å². The third kappa shape index (κ3) is 20.5. The van der Waals surface area contributed by atoms with Gasteiger partial charge in [-0.05, 0) is 6.42 Å². The monoisotopic (exact) mass is 340 g/mol. The van der Waals surface area contributed by atoms with E-state index in [1.54, 1.807) is 0 Å². The SMILES string of the molecule is F[B-](F)(F)CCCCCCCCCCCBr.[K+]. The smallest absolute Gasteiger partial charge is 0.449 e. The molecular formula is C11H22BBrF3K. The second kappa shape index (κ2) is 14.4. The normalized spacial score (nSPS) is 11.3. The molecule has 0 aromatic carbocycles. The number of unbranched alkanes of at least 4 members (excludes halogenated alkanes) is 8. The summed E-state index contributed by atoms with van der Waals surface area (Å²) in [6.45, 7) is -4.54. The van der Waals surface area contributed by atoms with Gasteiger partial charge in [0, 0.05) is 5.33 Å². The van der Waals surface area contributed by atoms with Gasteiger partial charge in [-0.15, -0.1) is 0 Å². The molecule has 0 atom stereocenters. The van der Waals surface area contributed by atoms with Crippen LogP contribution in [0.3, 0.4) is 0 Å². The maximum Gasteiger partial charge on any atom is 1.00 e. The molecule has 0 bridgehead atoms. The Morgan fingerprint density at radius 3 is 1.35 bits per heavy atom. The molecule has 0 heterocycles. The largest absolute Gasteiger partial charge is 1.00 e. The van der Waals surface area contributed by atoms with Crippen LogP contribution in [0.2, 0.25) is 6.32 Å². The maximum atomic E-state index is 11.9. The van der Waals surface area contributed by atoms with Gasteiger partial charge in [-0.1, -0.05) is 73.6 Å². The van der Waals surface area contributed by atoms with Crippen LogP contribution in [0.4, 0.5) is 12.9 Å². The van der Waals surface area contributed by atoms with Gasteiger partial charge in [-0.25, -0.2) is 0 Å². The van der Waals surface area contributed by atoms with Gasteiger partial charge in [0.1, 0.15) is 0 Å². The first kappa shape index (κ1) is 21.3. The van der Waals surface area contributed by atoms with Crippen LogP contribution in [0, 0.1) is 0 Å². The summed E-state index contributed by atoms with van der Waals surface area (Å²) in [4.78, 5) is 0. The molecule has 17 heavy (non-hydrogen) atoms. The van der Waals surface area contributed by atoms with E-state index in [1.165, 1.54) is 32.1 Å². The molecular weight excluding hydrogens is 319 g/mol. The summed E-state index contributed by atoms with van der Waals surface area (Å²) in [7, 11) is 0. The van der Waals surface area contributed by atoms with Gasteiger partial charge in [0.25, 0.3) is 0 Å². The van der Waals surface area contributed by atoms with Crippen LogP contribution in [0.5, 0.6) is 0 Å². The summed E-state index contributed by atoms with van der Waals surface area (Å²) < 4.78 is 35.6. The fourth-order valence-electron chi connectivity index (χ4n) is 1.71. The average molecular weight is 341 g/mol. The van der Waals surface area contributed by atoms with E-state index in [0.717, 1.165) is 24.6 Å². The number of rotatable bonds is 11. The van der Waals surface area contributed by atoms with Gasteiger partial charge in [0.15, 0.2) is 0 Å². The Hall–Kier alpha value is 1.97. The minimum atomic E-state index is -4.54. The van der Waals surface area contributed by atoms with E-state index < -0.39 is 13.3 Å². The van der Waals surface area contributed by atoms with Crippen molar-refractivity contribution >= 4 is 22.9 Å². The fraction of sp³-hybridized carbons (Fsp3) is 1.00. The van der Waals surface area contributed by atoms with Crippen molar-refractivity contribution in [3.8, 4) is 0 Å². The zero-order chi connectivity index (χ0) is 12.3. The predicted molar refractivity (Wildman–Crippen MR) is 69.2 cm³/mol. The molecule has 0 rings (SSSR count). The van der Waals surface area contributed by atoms with Crippen LogP contribution in [-0.4, -0.2) is 12.3 Å². The Kier molecular flexibility index (Phi) is 18.0. The van der Waals surface area contributed by atoms with Crippen LogP contribution in [0.25, 0.3) is 0 Å². The molecule has 0 saturated carbocycles. The van der Waals surface area contributed by atoms with Crippen molar-refractivity contribution < 1.29 is 64.3 Å². The molecule has 0 unspecified atom stereocenters. The molecule has 0 radical (unpaired) electrons. The molecule has 98 valence electrons. The molecule has 0 aliphatic carbocycles. The Morgan fingerprint density at radius 1 is 0.647 bits per heavy atom. The Balaban J connectivity index is 0. The van der Waals surface area contributed by atoms with Crippen LogP contribution in [0.15, 0.2) is 0 Å². The average Bonchev–Trinajstić information content (AvgIpc) is 2.19. The summed E-state index contributed by atoms with van der Waals surface area (Å²) >= 11 is 3.39. The first-order chi connectivity index (χ1) is 7.56. The number of alkyl halides is 1. The topological polar surface area (TPSA) is 0 Å². The molecule has 0 aliphatic heterocycles. The second-order valence-electron chi connectivity index (χ2n) is 4.37. The van der Waals surface area contributed by atoms with Gasteiger partial charge in [-0.3, -0.25) is 0 Å². The quantitative estimate of drug-likeness (QED) is 0.308. The molecule has 0 saturated heterocycles. The van der Waals surface area contributed by atoms with Crippen molar-refractivity contribution in [2.75, 3.05) is 5.33 Å². The molecule has 0 nitrogen and oxygen atoms in total. The fourth-order valence-corrected chi connectivity index (χ4v) is 2.10. The van der Waals surface area contributed by atoms with Gasteiger partial charge < -0.3 is 12.9 Å². The Bertz CT molecular complexity index is 156. The van der Waals surface area contributed by atoms with Crippen LogP contribution in [0.1, 0.15) is 57.8 Å². The summed E-state index contributed by atoms with van der Waals surface area (Å²) in [6, 6.07) is 0. The van der Waals surface area contributed by atoms with Crippen molar-refractivity contribution in [3.05, 3.63) is 0 Å². The van der Waals surface area contributed by atoms with Crippen molar-refractivity contribution in [1.29, 1.82) is 0 Å². The zero-order valence-corrected chi connectivity index (χ0v) is 15.6. The predicted octanol–water partition coefficient (Wildman–Crippen LogP) is 2.74. The summed E-state index contributed by atoms with van der Waals surface area (Å²) in [5.74, 6) is 0. The van der Waals surface area contributed by atoms with E-state index in [9.17, 15) is 12.9 Å². The van der Waals surface area contributed by atoms with E-state index in [1.807, 2.05) is 0 Å². The standard InChI is InChI=1S/C11H22BBrF3.K/c13-11-9-7-5-3-1-2-4-6-8-10-12(14,15)16;/h1-11H2;/q-1;+1. The molecule has 0 N–H and O–H groups in total. The van der Waals surface area contributed by atoms with Crippen LogP contribution < -0.4 is 51.4 Å². The number of hydrogen-bond acceptors (Lipinski definition) is 0. The Labute approximate surface area is 154 Å². The van der Waals surface area contributed by atoms with Gasteiger partial charge in [-0.2, -0.15) is 0 Å².